The quantitative estimate of drug-likeness (QED) is 0.887. The van der Waals surface area contributed by atoms with Crippen molar-refractivity contribution in [3.8, 4) is 5.75 Å². The Bertz CT molecular complexity index is 569. The molecule has 0 aliphatic rings. The predicted molar refractivity (Wildman–Crippen MR) is 82.7 cm³/mol. The van der Waals surface area contributed by atoms with Gasteiger partial charge in [-0.2, -0.15) is 0 Å². The van der Waals surface area contributed by atoms with Crippen molar-refractivity contribution in [1.29, 1.82) is 0 Å². The van der Waals surface area contributed by atoms with Crippen LogP contribution in [-0.4, -0.2) is 19.1 Å². The van der Waals surface area contributed by atoms with Crippen LogP contribution < -0.4 is 10.1 Å². The molecule has 1 aromatic carbocycles. The van der Waals surface area contributed by atoms with E-state index in [1.807, 2.05) is 24.4 Å². The van der Waals surface area contributed by atoms with Crippen LogP contribution >= 0.6 is 22.9 Å². The van der Waals surface area contributed by atoms with Crippen molar-refractivity contribution in [2.75, 3.05) is 13.2 Å². The Morgan fingerprint density at radius 1 is 1.40 bits per heavy atom. The number of aryl methyl sites for hydroxylation is 1. The number of halogens is 1. The summed E-state index contributed by atoms with van der Waals surface area (Å²) < 4.78 is 5.47. The van der Waals surface area contributed by atoms with Crippen molar-refractivity contribution < 1.29 is 9.53 Å². The Kier molecular flexibility index (Phi) is 5.44. The summed E-state index contributed by atoms with van der Waals surface area (Å²) in [7, 11) is 0. The maximum atomic E-state index is 11.7. The topological polar surface area (TPSA) is 38.3 Å². The predicted octanol–water partition coefficient (Wildman–Crippen LogP) is 3.45. The van der Waals surface area contributed by atoms with Crippen molar-refractivity contribution in [3.63, 3.8) is 0 Å². The molecule has 106 valence electrons. The van der Waals surface area contributed by atoms with E-state index in [0.717, 1.165) is 12.0 Å². The van der Waals surface area contributed by atoms with E-state index in [-0.39, 0.29) is 12.5 Å². The van der Waals surface area contributed by atoms with Crippen LogP contribution in [0.5, 0.6) is 5.75 Å². The lowest BCUT2D eigenvalue weighted by Gasteiger charge is -2.09. The van der Waals surface area contributed by atoms with Gasteiger partial charge < -0.3 is 10.1 Å². The lowest BCUT2D eigenvalue weighted by molar-refractivity contribution is -0.123. The Balaban J connectivity index is 1.72. The minimum atomic E-state index is -0.115. The normalized spacial score (nSPS) is 10.3. The van der Waals surface area contributed by atoms with E-state index in [0.29, 0.717) is 17.3 Å². The van der Waals surface area contributed by atoms with E-state index in [9.17, 15) is 4.79 Å². The zero-order valence-corrected chi connectivity index (χ0v) is 12.8. The van der Waals surface area contributed by atoms with Gasteiger partial charge in [0.2, 0.25) is 0 Å². The molecule has 1 amide bonds. The fourth-order valence-electron chi connectivity index (χ4n) is 1.75. The van der Waals surface area contributed by atoms with Crippen LogP contribution in [0, 0.1) is 6.92 Å². The second-order valence-electron chi connectivity index (χ2n) is 4.38. The first-order valence-electron chi connectivity index (χ1n) is 6.33. The molecule has 2 aromatic rings. The zero-order chi connectivity index (χ0) is 14.4. The van der Waals surface area contributed by atoms with E-state index in [4.69, 9.17) is 16.3 Å². The van der Waals surface area contributed by atoms with Crippen LogP contribution in [0.3, 0.4) is 0 Å². The molecule has 0 unspecified atom stereocenters. The Morgan fingerprint density at radius 3 is 2.95 bits per heavy atom. The fourth-order valence-corrected chi connectivity index (χ4v) is 2.68. The summed E-state index contributed by atoms with van der Waals surface area (Å²) >= 11 is 7.56. The maximum Gasteiger partial charge on any atom is 0.257 e. The van der Waals surface area contributed by atoms with Crippen LogP contribution in [-0.2, 0) is 11.2 Å². The van der Waals surface area contributed by atoms with Gasteiger partial charge in [-0.25, -0.2) is 0 Å². The molecule has 0 aliphatic heterocycles. The fraction of sp³-hybridized carbons (Fsp3) is 0.267. The standard InChI is InChI=1S/C15H16ClNO2S/c1-11-9-12(16)4-5-14(11)19-10-15(18)17-7-6-13-3-2-8-20-13/h2-5,8-9H,6-7,10H2,1H3,(H,17,18). The highest BCUT2D eigenvalue weighted by Gasteiger charge is 2.05. The first-order valence-corrected chi connectivity index (χ1v) is 7.59. The maximum absolute atomic E-state index is 11.7. The van der Waals surface area contributed by atoms with Crippen LogP contribution in [0.2, 0.25) is 5.02 Å². The molecule has 0 radical (unpaired) electrons. The minimum absolute atomic E-state index is 0.0207. The van der Waals surface area contributed by atoms with Crippen LogP contribution in [0.25, 0.3) is 0 Å². The SMILES string of the molecule is Cc1cc(Cl)ccc1OCC(=O)NCCc1cccs1. The first kappa shape index (κ1) is 14.9. The highest BCUT2D eigenvalue weighted by atomic mass is 35.5. The van der Waals surface area contributed by atoms with Crippen LogP contribution in [0.15, 0.2) is 35.7 Å². The molecule has 3 nitrogen and oxygen atoms in total. The molecule has 0 aliphatic carbocycles. The van der Waals surface area contributed by atoms with E-state index >= 15 is 0 Å². The van der Waals surface area contributed by atoms with Gasteiger partial charge in [0.1, 0.15) is 5.75 Å². The van der Waals surface area contributed by atoms with Gasteiger partial charge >= 0.3 is 0 Å². The molecule has 0 saturated carbocycles. The average molecular weight is 310 g/mol. The largest absolute Gasteiger partial charge is 0.484 e. The van der Waals surface area contributed by atoms with Crippen LogP contribution in [0.1, 0.15) is 10.4 Å². The molecule has 1 heterocycles. The van der Waals surface area contributed by atoms with E-state index < -0.39 is 0 Å². The van der Waals surface area contributed by atoms with Gasteiger partial charge in [-0.05, 0) is 48.6 Å². The number of benzene rings is 1. The van der Waals surface area contributed by atoms with Gasteiger partial charge in [-0.3, -0.25) is 4.79 Å². The molecule has 0 bridgehead atoms. The number of amides is 1. The van der Waals surface area contributed by atoms with E-state index in [2.05, 4.69) is 11.4 Å². The third-order valence-electron chi connectivity index (χ3n) is 2.77. The van der Waals surface area contributed by atoms with Gasteiger partial charge in [0.05, 0.1) is 0 Å². The highest BCUT2D eigenvalue weighted by Crippen LogP contribution is 2.21. The number of carbonyl (C=O) groups is 1. The van der Waals surface area contributed by atoms with Gasteiger partial charge in [-0.1, -0.05) is 17.7 Å². The lowest BCUT2D eigenvalue weighted by atomic mass is 10.2. The Labute approximate surface area is 127 Å². The smallest absolute Gasteiger partial charge is 0.257 e. The zero-order valence-electron chi connectivity index (χ0n) is 11.2. The molecule has 1 N–H and O–H groups in total. The molecule has 0 fully saturated rings. The molecule has 20 heavy (non-hydrogen) atoms. The molecule has 0 spiro atoms. The van der Waals surface area contributed by atoms with Crippen molar-refractivity contribution in [3.05, 3.63) is 51.2 Å². The summed E-state index contributed by atoms with van der Waals surface area (Å²) in [6.07, 6.45) is 0.851. The van der Waals surface area contributed by atoms with Gasteiger partial charge in [0, 0.05) is 16.4 Å². The number of ether oxygens (including phenoxy) is 1. The van der Waals surface area contributed by atoms with Crippen molar-refractivity contribution in [1.82, 2.24) is 5.32 Å². The molecule has 0 saturated heterocycles. The molecule has 5 heteroatoms. The minimum Gasteiger partial charge on any atom is -0.484 e. The summed E-state index contributed by atoms with van der Waals surface area (Å²) in [6, 6.07) is 9.40. The molecular weight excluding hydrogens is 294 g/mol. The number of thiophene rings is 1. The second kappa shape index (κ2) is 7.31. The number of rotatable bonds is 6. The number of carbonyl (C=O) groups excluding carboxylic acids is 1. The number of nitrogens with one attached hydrogen (secondary N) is 1. The summed E-state index contributed by atoms with van der Waals surface area (Å²) in [5, 5.41) is 5.53. The second-order valence-corrected chi connectivity index (χ2v) is 5.85. The monoisotopic (exact) mass is 309 g/mol. The molecule has 0 atom stereocenters. The molecule has 2 rings (SSSR count). The highest BCUT2D eigenvalue weighted by molar-refractivity contribution is 7.09. The van der Waals surface area contributed by atoms with Crippen molar-refractivity contribution in [2.45, 2.75) is 13.3 Å². The number of hydrogen-bond donors (Lipinski definition) is 1. The average Bonchev–Trinajstić information content (AvgIpc) is 2.91. The first-order chi connectivity index (χ1) is 9.65. The third kappa shape index (κ3) is 4.54. The lowest BCUT2D eigenvalue weighted by Crippen LogP contribution is -2.30. The summed E-state index contributed by atoms with van der Waals surface area (Å²) in [4.78, 5) is 12.9. The third-order valence-corrected chi connectivity index (χ3v) is 3.94. The number of hydrogen-bond acceptors (Lipinski definition) is 3. The van der Waals surface area contributed by atoms with Crippen molar-refractivity contribution in [2.24, 2.45) is 0 Å². The molecular formula is C15H16ClNO2S. The summed E-state index contributed by atoms with van der Waals surface area (Å²) in [6.45, 7) is 2.55. The van der Waals surface area contributed by atoms with Crippen LogP contribution in [0.4, 0.5) is 0 Å². The van der Waals surface area contributed by atoms with E-state index in [1.54, 1.807) is 23.5 Å². The van der Waals surface area contributed by atoms with Crippen molar-refractivity contribution >= 4 is 28.8 Å². The summed E-state index contributed by atoms with van der Waals surface area (Å²) in [5.74, 6) is 0.568. The Morgan fingerprint density at radius 2 is 2.25 bits per heavy atom. The van der Waals surface area contributed by atoms with Gasteiger partial charge in [0.25, 0.3) is 5.91 Å². The summed E-state index contributed by atoms with van der Waals surface area (Å²) in [5.41, 5.74) is 0.920. The van der Waals surface area contributed by atoms with Gasteiger partial charge in [-0.15, -0.1) is 11.3 Å². The van der Waals surface area contributed by atoms with Gasteiger partial charge in [0.15, 0.2) is 6.61 Å². The van der Waals surface area contributed by atoms with E-state index in [1.165, 1.54) is 4.88 Å². The Hall–Kier alpha value is -1.52. The molecule has 1 aromatic heterocycles.